The van der Waals surface area contributed by atoms with Crippen LogP contribution in [0.25, 0.3) is 0 Å². The van der Waals surface area contributed by atoms with E-state index in [0.29, 0.717) is 23.4 Å². The van der Waals surface area contributed by atoms with Gasteiger partial charge in [0.05, 0.1) is 17.7 Å². The van der Waals surface area contributed by atoms with Crippen molar-refractivity contribution in [2.75, 3.05) is 11.9 Å². The highest BCUT2D eigenvalue weighted by atomic mass is 32.1. The summed E-state index contributed by atoms with van der Waals surface area (Å²) in [6.45, 7) is 2.10. The molecule has 0 aliphatic heterocycles. The summed E-state index contributed by atoms with van der Waals surface area (Å²) in [6, 6.07) is 8.36. The van der Waals surface area contributed by atoms with E-state index >= 15 is 0 Å². The third kappa shape index (κ3) is 3.42. The van der Waals surface area contributed by atoms with Crippen molar-refractivity contribution >= 4 is 28.9 Å². The van der Waals surface area contributed by atoms with Gasteiger partial charge in [-0.3, -0.25) is 4.79 Å². The van der Waals surface area contributed by atoms with Gasteiger partial charge in [-0.15, -0.1) is 0 Å². The summed E-state index contributed by atoms with van der Waals surface area (Å²) in [5.74, 6) is -0.525. The number of hydrogen-bond acceptors (Lipinski definition) is 4. The molecular formula is C14H13NO3S. The molecule has 1 aromatic carbocycles. The molecule has 0 saturated heterocycles. The first-order valence-corrected chi connectivity index (χ1v) is 6.75. The Balaban J connectivity index is 2.03. The van der Waals surface area contributed by atoms with Crippen LogP contribution in [-0.4, -0.2) is 18.5 Å². The van der Waals surface area contributed by atoms with E-state index in [1.54, 1.807) is 42.6 Å². The van der Waals surface area contributed by atoms with Crippen molar-refractivity contribution in [1.29, 1.82) is 0 Å². The highest BCUT2D eigenvalue weighted by Gasteiger charge is 2.08. The number of rotatable bonds is 4. The van der Waals surface area contributed by atoms with Gasteiger partial charge in [0, 0.05) is 11.1 Å². The van der Waals surface area contributed by atoms with Crippen LogP contribution in [0.5, 0.6) is 0 Å². The van der Waals surface area contributed by atoms with Crippen LogP contribution in [0.1, 0.15) is 27.6 Å². The van der Waals surface area contributed by atoms with Crippen LogP contribution < -0.4 is 5.32 Å². The van der Waals surface area contributed by atoms with Gasteiger partial charge in [-0.2, -0.15) is 11.3 Å². The number of esters is 1. The molecule has 19 heavy (non-hydrogen) atoms. The van der Waals surface area contributed by atoms with Crippen molar-refractivity contribution in [2.45, 2.75) is 6.92 Å². The monoisotopic (exact) mass is 275 g/mol. The minimum Gasteiger partial charge on any atom is -0.462 e. The van der Waals surface area contributed by atoms with Crippen LogP contribution in [-0.2, 0) is 4.74 Å². The maximum Gasteiger partial charge on any atom is 0.338 e. The maximum absolute atomic E-state index is 11.8. The zero-order chi connectivity index (χ0) is 13.7. The summed E-state index contributed by atoms with van der Waals surface area (Å²) < 4.78 is 4.88. The standard InChI is InChI=1S/C14H13NO3S/c1-2-18-14(17)10-3-5-12(6-4-10)15-13(16)11-7-8-19-9-11/h3-9H,2H2,1H3,(H,15,16). The molecule has 0 aliphatic carbocycles. The number of nitrogens with one attached hydrogen (secondary N) is 1. The molecule has 0 aliphatic rings. The lowest BCUT2D eigenvalue weighted by Crippen LogP contribution is -2.11. The molecule has 1 N–H and O–H groups in total. The summed E-state index contributed by atoms with van der Waals surface area (Å²) in [6.07, 6.45) is 0. The number of hydrogen-bond donors (Lipinski definition) is 1. The predicted molar refractivity (Wildman–Crippen MR) is 74.7 cm³/mol. The number of carbonyl (C=O) groups is 2. The van der Waals surface area contributed by atoms with Gasteiger partial charge in [-0.05, 0) is 42.6 Å². The smallest absolute Gasteiger partial charge is 0.338 e. The lowest BCUT2D eigenvalue weighted by atomic mass is 10.2. The molecule has 98 valence electrons. The summed E-state index contributed by atoms with van der Waals surface area (Å²) in [5, 5.41) is 6.38. The molecule has 1 amide bonds. The Kier molecular flexibility index (Phi) is 4.30. The van der Waals surface area contributed by atoms with Crippen LogP contribution in [0.15, 0.2) is 41.1 Å². The molecule has 0 fully saturated rings. The largest absolute Gasteiger partial charge is 0.462 e. The average molecular weight is 275 g/mol. The number of carbonyl (C=O) groups excluding carboxylic acids is 2. The molecule has 0 saturated carbocycles. The van der Waals surface area contributed by atoms with Crippen LogP contribution in [0.2, 0.25) is 0 Å². The van der Waals surface area contributed by atoms with Crippen molar-refractivity contribution in [3.8, 4) is 0 Å². The number of thiophene rings is 1. The Morgan fingerprint density at radius 1 is 1.16 bits per heavy atom. The van der Waals surface area contributed by atoms with E-state index in [4.69, 9.17) is 4.74 Å². The van der Waals surface area contributed by atoms with E-state index in [1.807, 2.05) is 5.38 Å². The topological polar surface area (TPSA) is 55.4 Å². The third-order valence-corrected chi connectivity index (χ3v) is 3.12. The van der Waals surface area contributed by atoms with Crippen LogP contribution in [0, 0.1) is 0 Å². The average Bonchev–Trinajstić information content (AvgIpc) is 2.94. The Hall–Kier alpha value is -2.14. The molecule has 1 aromatic heterocycles. The van der Waals surface area contributed by atoms with Gasteiger partial charge < -0.3 is 10.1 Å². The van der Waals surface area contributed by atoms with E-state index < -0.39 is 0 Å². The second kappa shape index (κ2) is 6.15. The Morgan fingerprint density at radius 2 is 1.89 bits per heavy atom. The van der Waals surface area contributed by atoms with Crippen molar-refractivity contribution in [1.82, 2.24) is 0 Å². The fourth-order valence-corrected chi connectivity index (χ4v) is 2.14. The first-order valence-electron chi connectivity index (χ1n) is 5.81. The first kappa shape index (κ1) is 13.3. The quantitative estimate of drug-likeness (QED) is 0.872. The summed E-state index contributed by atoms with van der Waals surface area (Å²) in [5.41, 5.74) is 1.74. The molecule has 2 aromatic rings. The van der Waals surface area contributed by atoms with Gasteiger partial charge in [0.15, 0.2) is 0 Å². The van der Waals surface area contributed by atoms with Gasteiger partial charge in [0.25, 0.3) is 5.91 Å². The van der Waals surface area contributed by atoms with Gasteiger partial charge in [0.1, 0.15) is 0 Å². The molecule has 0 unspecified atom stereocenters. The van der Waals surface area contributed by atoms with Crippen LogP contribution in [0.3, 0.4) is 0 Å². The van der Waals surface area contributed by atoms with Gasteiger partial charge >= 0.3 is 5.97 Å². The molecule has 0 bridgehead atoms. The first-order chi connectivity index (χ1) is 9.20. The Morgan fingerprint density at radius 3 is 2.47 bits per heavy atom. The molecular weight excluding hydrogens is 262 g/mol. The highest BCUT2D eigenvalue weighted by Crippen LogP contribution is 2.13. The van der Waals surface area contributed by atoms with E-state index in [2.05, 4.69) is 5.32 Å². The lowest BCUT2D eigenvalue weighted by molar-refractivity contribution is 0.0526. The fourth-order valence-electron chi connectivity index (χ4n) is 1.50. The van der Waals surface area contributed by atoms with Crippen molar-refractivity contribution < 1.29 is 14.3 Å². The van der Waals surface area contributed by atoms with Gasteiger partial charge in [0.2, 0.25) is 0 Å². The summed E-state index contributed by atoms with van der Waals surface area (Å²) in [4.78, 5) is 23.3. The summed E-state index contributed by atoms with van der Waals surface area (Å²) >= 11 is 1.47. The molecule has 1 heterocycles. The van der Waals surface area contributed by atoms with Gasteiger partial charge in [-0.25, -0.2) is 4.79 Å². The van der Waals surface area contributed by atoms with E-state index in [9.17, 15) is 9.59 Å². The Labute approximate surface area is 115 Å². The number of amides is 1. The van der Waals surface area contributed by atoms with Crippen molar-refractivity contribution in [2.24, 2.45) is 0 Å². The zero-order valence-electron chi connectivity index (χ0n) is 10.4. The zero-order valence-corrected chi connectivity index (χ0v) is 11.2. The second-order valence-electron chi connectivity index (χ2n) is 3.76. The SMILES string of the molecule is CCOC(=O)c1ccc(NC(=O)c2ccsc2)cc1. The normalized spacial score (nSPS) is 9.95. The molecule has 4 nitrogen and oxygen atoms in total. The number of benzene rings is 1. The molecule has 5 heteroatoms. The number of anilines is 1. The molecule has 0 atom stereocenters. The molecule has 0 radical (unpaired) electrons. The predicted octanol–water partition coefficient (Wildman–Crippen LogP) is 3.18. The highest BCUT2D eigenvalue weighted by molar-refractivity contribution is 7.08. The molecule has 2 rings (SSSR count). The lowest BCUT2D eigenvalue weighted by Gasteiger charge is -2.05. The number of ether oxygens (including phenoxy) is 1. The molecule has 0 spiro atoms. The second-order valence-corrected chi connectivity index (χ2v) is 4.54. The van der Waals surface area contributed by atoms with Crippen LogP contribution in [0.4, 0.5) is 5.69 Å². The van der Waals surface area contributed by atoms with Gasteiger partial charge in [-0.1, -0.05) is 0 Å². The van der Waals surface area contributed by atoms with E-state index in [0.717, 1.165) is 0 Å². The van der Waals surface area contributed by atoms with Crippen LogP contribution >= 0.6 is 11.3 Å². The minimum absolute atomic E-state index is 0.162. The minimum atomic E-state index is -0.363. The Bertz CT molecular complexity index is 561. The van der Waals surface area contributed by atoms with E-state index in [1.165, 1.54) is 11.3 Å². The fraction of sp³-hybridized carbons (Fsp3) is 0.143. The third-order valence-electron chi connectivity index (χ3n) is 2.44. The van der Waals surface area contributed by atoms with Crippen molar-refractivity contribution in [3.05, 3.63) is 52.2 Å². The maximum atomic E-state index is 11.8. The van der Waals surface area contributed by atoms with Crippen molar-refractivity contribution in [3.63, 3.8) is 0 Å². The summed E-state index contributed by atoms with van der Waals surface area (Å²) in [7, 11) is 0. The van der Waals surface area contributed by atoms with E-state index in [-0.39, 0.29) is 11.9 Å².